The fraction of sp³-hybridized carbons (Fsp3) is 0.632. The van der Waals surface area contributed by atoms with Crippen molar-refractivity contribution in [3.05, 3.63) is 35.9 Å². The Morgan fingerprint density at radius 2 is 2.00 bits per heavy atom. The van der Waals surface area contributed by atoms with Gasteiger partial charge >= 0.3 is 6.18 Å². The molecule has 3 N–H and O–H groups in total. The van der Waals surface area contributed by atoms with Crippen LogP contribution in [0.2, 0.25) is 0 Å². The third-order valence-corrected chi connectivity index (χ3v) is 4.60. The van der Waals surface area contributed by atoms with E-state index in [4.69, 9.17) is 0 Å². The van der Waals surface area contributed by atoms with Crippen LogP contribution >= 0.6 is 0 Å². The van der Waals surface area contributed by atoms with E-state index in [1.807, 2.05) is 37.3 Å². The molecule has 3 atom stereocenters. The lowest BCUT2D eigenvalue weighted by atomic mass is 9.85. The minimum Gasteiger partial charge on any atom is -0.391 e. The zero-order valence-corrected chi connectivity index (χ0v) is 15.1. The number of aliphatic imine (C=N–C) groups is 1. The lowest BCUT2D eigenvalue weighted by Crippen LogP contribution is -2.47. The number of nitrogens with one attached hydrogen (secondary N) is 2. The smallest absolute Gasteiger partial charge is 0.391 e. The van der Waals surface area contributed by atoms with E-state index in [1.165, 1.54) is 0 Å². The number of rotatable bonds is 6. The highest BCUT2D eigenvalue weighted by atomic mass is 19.4. The summed E-state index contributed by atoms with van der Waals surface area (Å²) in [6, 6.07) is 9.37. The van der Waals surface area contributed by atoms with Crippen LogP contribution in [0.25, 0.3) is 0 Å². The Bertz CT molecular complexity index is 563. The molecule has 1 aromatic carbocycles. The van der Waals surface area contributed by atoms with Gasteiger partial charge in [-0.25, -0.2) is 0 Å². The highest BCUT2D eigenvalue weighted by molar-refractivity contribution is 5.80. The maximum atomic E-state index is 13.0. The van der Waals surface area contributed by atoms with Crippen LogP contribution in [-0.4, -0.2) is 42.5 Å². The van der Waals surface area contributed by atoms with Crippen molar-refractivity contribution in [3.63, 3.8) is 0 Å². The predicted molar refractivity (Wildman–Crippen MR) is 97.1 cm³/mol. The van der Waals surface area contributed by atoms with Gasteiger partial charge in [-0.3, -0.25) is 4.99 Å². The summed E-state index contributed by atoms with van der Waals surface area (Å²) in [6.45, 7) is 2.70. The second-order valence-corrected chi connectivity index (χ2v) is 6.81. The SMILES string of the molecule is CCNC(=NCC(O)Cc1ccccc1)NC1CCCC(C(F)(F)F)C1. The number of aliphatic hydroxyl groups is 1. The molecule has 0 heterocycles. The summed E-state index contributed by atoms with van der Waals surface area (Å²) in [7, 11) is 0. The van der Waals surface area contributed by atoms with Crippen molar-refractivity contribution >= 4 is 5.96 Å². The fourth-order valence-corrected chi connectivity index (χ4v) is 3.28. The first kappa shape index (κ1) is 20.6. The minimum absolute atomic E-state index is 0.0699. The fourth-order valence-electron chi connectivity index (χ4n) is 3.28. The number of aliphatic hydroxyl groups excluding tert-OH is 1. The molecule has 0 saturated heterocycles. The molecule has 1 aromatic rings. The van der Waals surface area contributed by atoms with E-state index in [1.54, 1.807) is 0 Å². The molecule has 1 fully saturated rings. The monoisotopic (exact) mass is 371 g/mol. The minimum atomic E-state index is -4.14. The van der Waals surface area contributed by atoms with E-state index in [9.17, 15) is 18.3 Å². The zero-order valence-electron chi connectivity index (χ0n) is 15.1. The molecule has 0 radical (unpaired) electrons. The van der Waals surface area contributed by atoms with Gasteiger partial charge in [0.15, 0.2) is 5.96 Å². The molecule has 7 heteroatoms. The largest absolute Gasteiger partial charge is 0.391 e. The van der Waals surface area contributed by atoms with Gasteiger partial charge in [-0.2, -0.15) is 13.2 Å². The van der Waals surface area contributed by atoms with Gasteiger partial charge in [-0.05, 0) is 31.7 Å². The summed E-state index contributed by atoms with van der Waals surface area (Å²) in [6.07, 6.45) is -2.76. The molecule has 146 valence electrons. The average Bonchev–Trinajstić information content (AvgIpc) is 2.60. The number of alkyl halides is 3. The Hall–Kier alpha value is -1.76. The second kappa shape index (κ2) is 9.80. The molecule has 1 aliphatic carbocycles. The number of halogens is 3. The Labute approximate surface area is 152 Å². The lowest BCUT2D eigenvalue weighted by Gasteiger charge is -2.32. The molecule has 2 rings (SSSR count). The van der Waals surface area contributed by atoms with Crippen molar-refractivity contribution in [3.8, 4) is 0 Å². The molecule has 0 amide bonds. The van der Waals surface area contributed by atoms with E-state index in [2.05, 4.69) is 15.6 Å². The molecule has 1 aliphatic rings. The average molecular weight is 371 g/mol. The van der Waals surface area contributed by atoms with Crippen LogP contribution in [0.15, 0.2) is 35.3 Å². The molecule has 0 bridgehead atoms. The van der Waals surface area contributed by atoms with Gasteiger partial charge in [0.1, 0.15) is 0 Å². The van der Waals surface area contributed by atoms with Gasteiger partial charge in [0, 0.05) is 19.0 Å². The number of nitrogens with zero attached hydrogens (tertiary/aromatic N) is 1. The third-order valence-electron chi connectivity index (χ3n) is 4.60. The van der Waals surface area contributed by atoms with Gasteiger partial charge in [0.25, 0.3) is 0 Å². The Balaban J connectivity index is 1.89. The van der Waals surface area contributed by atoms with Crippen molar-refractivity contribution in [2.45, 2.75) is 57.3 Å². The lowest BCUT2D eigenvalue weighted by molar-refractivity contribution is -0.183. The number of guanidine groups is 1. The molecular weight excluding hydrogens is 343 g/mol. The molecule has 1 saturated carbocycles. The van der Waals surface area contributed by atoms with Crippen molar-refractivity contribution in [2.75, 3.05) is 13.1 Å². The van der Waals surface area contributed by atoms with Crippen molar-refractivity contribution < 1.29 is 18.3 Å². The normalized spacial score (nSPS) is 22.7. The van der Waals surface area contributed by atoms with Crippen LogP contribution in [0, 0.1) is 5.92 Å². The van der Waals surface area contributed by atoms with E-state index < -0.39 is 18.2 Å². The molecule has 4 nitrogen and oxygen atoms in total. The number of benzene rings is 1. The quantitative estimate of drug-likeness (QED) is 0.531. The van der Waals surface area contributed by atoms with Gasteiger partial charge < -0.3 is 15.7 Å². The van der Waals surface area contributed by atoms with E-state index >= 15 is 0 Å². The van der Waals surface area contributed by atoms with Gasteiger partial charge in [-0.1, -0.05) is 36.8 Å². The summed E-state index contributed by atoms with van der Waals surface area (Å²) >= 11 is 0. The topological polar surface area (TPSA) is 56.7 Å². The van der Waals surface area contributed by atoms with Crippen LogP contribution < -0.4 is 10.6 Å². The first-order valence-electron chi connectivity index (χ1n) is 9.22. The summed E-state index contributed by atoms with van der Waals surface area (Å²) < 4.78 is 38.9. The standard InChI is InChI=1S/C19H28F3N3O/c1-2-23-18(24-13-17(26)11-14-7-4-3-5-8-14)25-16-10-6-9-15(12-16)19(20,21)22/h3-5,7-8,15-17,26H,2,6,9-13H2,1H3,(H2,23,24,25). The summed E-state index contributed by atoms with van der Waals surface area (Å²) in [5, 5.41) is 16.3. The van der Waals surface area contributed by atoms with Gasteiger partial charge in [-0.15, -0.1) is 0 Å². The van der Waals surface area contributed by atoms with Crippen LogP contribution in [0.3, 0.4) is 0 Å². The number of hydrogen-bond donors (Lipinski definition) is 3. The van der Waals surface area contributed by atoms with Gasteiger partial charge in [0.2, 0.25) is 0 Å². The van der Waals surface area contributed by atoms with Crippen LogP contribution in [0.5, 0.6) is 0 Å². The maximum Gasteiger partial charge on any atom is 0.391 e. The van der Waals surface area contributed by atoms with Crippen molar-refractivity contribution in [1.82, 2.24) is 10.6 Å². The molecule has 0 aromatic heterocycles. The first-order valence-corrected chi connectivity index (χ1v) is 9.22. The Morgan fingerprint density at radius 3 is 2.65 bits per heavy atom. The second-order valence-electron chi connectivity index (χ2n) is 6.81. The summed E-state index contributed by atoms with van der Waals surface area (Å²) in [5.74, 6) is -0.785. The molecule has 0 aliphatic heterocycles. The first-order chi connectivity index (χ1) is 12.4. The number of hydrogen-bond acceptors (Lipinski definition) is 2. The van der Waals surface area contributed by atoms with Crippen LogP contribution in [0.4, 0.5) is 13.2 Å². The van der Waals surface area contributed by atoms with Crippen molar-refractivity contribution in [2.24, 2.45) is 10.9 Å². The van der Waals surface area contributed by atoms with Crippen LogP contribution in [-0.2, 0) is 6.42 Å². The van der Waals surface area contributed by atoms with E-state index in [0.717, 1.165) is 5.56 Å². The van der Waals surface area contributed by atoms with Gasteiger partial charge in [0.05, 0.1) is 18.6 Å². The zero-order chi connectivity index (χ0) is 19.0. The van der Waals surface area contributed by atoms with Crippen molar-refractivity contribution in [1.29, 1.82) is 0 Å². The van der Waals surface area contributed by atoms with E-state index in [0.29, 0.717) is 31.8 Å². The molecule has 3 unspecified atom stereocenters. The predicted octanol–water partition coefficient (Wildman–Crippen LogP) is 3.27. The molecule has 26 heavy (non-hydrogen) atoms. The Kier molecular flexibility index (Phi) is 7.75. The highest BCUT2D eigenvalue weighted by Crippen LogP contribution is 2.37. The summed E-state index contributed by atoms with van der Waals surface area (Å²) in [5.41, 5.74) is 1.02. The molecular formula is C19H28F3N3O. The maximum absolute atomic E-state index is 13.0. The molecule has 0 spiro atoms. The third kappa shape index (κ3) is 6.86. The summed E-state index contributed by atoms with van der Waals surface area (Å²) in [4.78, 5) is 4.35. The Morgan fingerprint density at radius 1 is 1.27 bits per heavy atom. The highest BCUT2D eigenvalue weighted by Gasteiger charge is 2.42. The van der Waals surface area contributed by atoms with E-state index in [-0.39, 0.29) is 25.4 Å². The van der Waals surface area contributed by atoms with Crippen LogP contribution in [0.1, 0.15) is 38.2 Å².